The van der Waals surface area contributed by atoms with Crippen molar-refractivity contribution in [2.24, 2.45) is 0 Å². The molecular weight excluding hydrogens is 384 g/mol. The molecule has 12 heteroatoms. The third-order valence-electron chi connectivity index (χ3n) is 3.51. The normalized spacial score (nSPS) is 10.2. The average molecular weight is 402 g/mol. The number of aromatic nitrogens is 6. The molecule has 0 aliphatic rings. The molecule has 2 aromatic heterocycles. The summed E-state index contributed by atoms with van der Waals surface area (Å²) in [5.74, 6) is 0.872. The number of hydrogen-bond acceptors (Lipinski definition) is 12. The summed E-state index contributed by atoms with van der Waals surface area (Å²) >= 11 is 0. The molecule has 0 saturated carbocycles. The molecule has 0 N–H and O–H groups in total. The van der Waals surface area contributed by atoms with Gasteiger partial charge in [0.05, 0.1) is 28.4 Å². The summed E-state index contributed by atoms with van der Waals surface area (Å²) in [7, 11) is 5.70. The van der Waals surface area contributed by atoms with Gasteiger partial charge in [-0.15, -0.1) is 29.9 Å². The van der Waals surface area contributed by atoms with Crippen LogP contribution in [0.15, 0.2) is 18.2 Å². The van der Waals surface area contributed by atoms with E-state index in [0.29, 0.717) is 17.1 Å². The summed E-state index contributed by atoms with van der Waals surface area (Å²) in [6.45, 7) is 1.79. The SMILES string of the molecule is COc1nc(OC)nc(Oc2cccc(Oc3nc(OC)nc(OC)n3)c2C)n1. The highest BCUT2D eigenvalue weighted by molar-refractivity contribution is 5.45. The van der Waals surface area contributed by atoms with E-state index < -0.39 is 0 Å². The van der Waals surface area contributed by atoms with Crippen LogP contribution in [0.25, 0.3) is 0 Å². The molecule has 0 spiro atoms. The Morgan fingerprint density at radius 2 is 0.828 bits per heavy atom. The zero-order valence-electron chi connectivity index (χ0n) is 16.4. The van der Waals surface area contributed by atoms with Crippen LogP contribution in [-0.2, 0) is 0 Å². The first-order valence-electron chi connectivity index (χ1n) is 8.19. The Balaban J connectivity index is 1.89. The number of ether oxygens (including phenoxy) is 6. The minimum Gasteiger partial charge on any atom is -0.467 e. The van der Waals surface area contributed by atoms with E-state index in [-0.39, 0.29) is 36.1 Å². The molecule has 2 heterocycles. The van der Waals surface area contributed by atoms with Crippen LogP contribution in [0, 0.1) is 6.92 Å². The van der Waals surface area contributed by atoms with Gasteiger partial charge in [-0.05, 0) is 19.1 Å². The number of rotatable bonds is 8. The minimum atomic E-state index is -0.00236. The molecule has 0 bridgehead atoms. The number of methoxy groups -OCH3 is 4. The molecule has 0 amide bonds. The monoisotopic (exact) mass is 402 g/mol. The van der Waals surface area contributed by atoms with Crippen LogP contribution in [0.5, 0.6) is 47.6 Å². The van der Waals surface area contributed by atoms with Crippen LogP contribution in [0.4, 0.5) is 0 Å². The zero-order chi connectivity index (χ0) is 20.8. The number of nitrogens with zero attached hydrogens (tertiary/aromatic N) is 6. The lowest BCUT2D eigenvalue weighted by Gasteiger charge is -2.12. The fraction of sp³-hybridized carbons (Fsp3) is 0.294. The van der Waals surface area contributed by atoms with Gasteiger partial charge in [-0.3, -0.25) is 0 Å². The van der Waals surface area contributed by atoms with Crippen molar-refractivity contribution in [1.82, 2.24) is 29.9 Å². The molecule has 152 valence electrons. The Hall–Kier alpha value is -3.96. The van der Waals surface area contributed by atoms with Crippen molar-refractivity contribution in [1.29, 1.82) is 0 Å². The van der Waals surface area contributed by atoms with Gasteiger partial charge < -0.3 is 28.4 Å². The van der Waals surface area contributed by atoms with Crippen LogP contribution in [0.3, 0.4) is 0 Å². The van der Waals surface area contributed by atoms with Crippen molar-refractivity contribution in [2.75, 3.05) is 28.4 Å². The Morgan fingerprint density at radius 1 is 0.517 bits per heavy atom. The quantitative estimate of drug-likeness (QED) is 0.545. The molecule has 3 rings (SSSR count). The van der Waals surface area contributed by atoms with Gasteiger partial charge in [0.1, 0.15) is 11.5 Å². The summed E-state index contributed by atoms with van der Waals surface area (Å²) in [5.41, 5.74) is 0.643. The summed E-state index contributed by atoms with van der Waals surface area (Å²) in [6.07, 6.45) is 0. The molecule has 0 fully saturated rings. The minimum absolute atomic E-state index is 0.00236. The van der Waals surface area contributed by atoms with Gasteiger partial charge in [0, 0.05) is 5.56 Å². The Kier molecular flexibility index (Phi) is 6.02. The van der Waals surface area contributed by atoms with E-state index >= 15 is 0 Å². The van der Waals surface area contributed by atoms with Crippen molar-refractivity contribution >= 4 is 0 Å². The largest absolute Gasteiger partial charge is 0.467 e. The first kappa shape index (κ1) is 19.8. The van der Waals surface area contributed by atoms with Crippen molar-refractivity contribution in [2.45, 2.75) is 6.92 Å². The molecule has 0 saturated heterocycles. The number of benzene rings is 1. The van der Waals surface area contributed by atoms with E-state index in [2.05, 4.69) is 29.9 Å². The predicted octanol–water partition coefficient (Wildman–Crippen LogP) is 1.98. The van der Waals surface area contributed by atoms with Gasteiger partial charge in [-0.25, -0.2) is 0 Å². The molecule has 0 unspecified atom stereocenters. The van der Waals surface area contributed by atoms with E-state index in [1.54, 1.807) is 25.1 Å². The standard InChI is InChI=1S/C17H18N6O6/c1-9-10(28-16-20-12(24-2)18-13(21-16)25-3)7-6-8-11(9)29-17-22-14(26-4)19-15(23-17)27-5/h6-8H,1-5H3. The third kappa shape index (κ3) is 4.66. The fourth-order valence-corrected chi connectivity index (χ4v) is 2.11. The van der Waals surface area contributed by atoms with Crippen LogP contribution < -0.4 is 28.4 Å². The number of hydrogen-bond donors (Lipinski definition) is 0. The molecular formula is C17H18N6O6. The molecule has 0 aliphatic heterocycles. The first-order valence-corrected chi connectivity index (χ1v) is 8.19. The maximum atomic E-state index is 5.76. The molecule has 1 aromatic carbocycles. The maximum absolute atomic E-state index is 5.76. The topological polar surface area (TPSA) is 133 Å². The molecule has 0 radical (unpaired) electrons. The lowest BCUT2D eigenvalue weighted by molar-refractivity contribution is 0.317. The van der Waals surface area contributed by atoms with E-state index in [4.69, 9.17) is 28.4 Å². The summed E-state index contributed by atoms with van der Waals surface area (Å²) in [6, 6.07) is 5.39. The average Bonchev–Trinajstić information content (AvgIpc) is 2.75. The van der Waals surface area contributed by atoms with E-state index in [1.807, 2.05) is 0 Å². The highest BCUT2D eigenvalue weighted by Crippen LogP contribution is 2.33. The first-order chi connectivity index (χ1) is 14.1. The van der Waals surface area contributed by atoms with Crippen molar-refractivity contribution in [3.05, 3.63) is 23.8 Å². The van der Waals surface area contributed by atoms with E-state index in [0.717, 1.165) is 0 Å². The maximum Gasteiger partial charge on any atom is 0.331 e. The Morgan fingerprint density at radius 3 is 1.14 bits per heavy atom. The van der Waals surface area contributed by atoms with Crippen LogP contribution in [0.1, 0.15) is 5.56 Å². The van der Waals surface area contributed by atoms with Gasteiger partial charge in [-0.1, -0.05) is 6.07 Å². The van der Waals surface area contributed by atoms with E-state index in [9.17, 15) is 0 Å². The summed E-state index contributed by atoms with van der Waals surface area (Å²) < 4.78 is 31.6. The third-order valence-corrected chi connectivity index (χ3v) is 3.51. The van der Waals surface area contributed by atoms with Crippen molar-refractivity contribution in [3.63, 3.8) is 0 Å². The highest BCUT2D eigenvalue weighted by atomic mass is 16.5. The van der Waals surface area contributed by atoms with Gasteiger partial charge in [0.2, 0.25) is 0 Å². The second kappa shape index (κ2) is 8.82. The fourth-order valence-electron chi connectivity index (χ4n) is 2.11. The van der Waals surface area contributed by atoms with Gasteiger partial charge in [0.25, 0.3) is 0 Å². The lowest BCUT2D eigenvalue weighted by Crippen LogP contribution is -2.03. The second-order valence-corrected chi connectivity index (χ2v) is 5.27. The van der Waals surface area contributed by atoms with Crippen molar-refractivity contribution < 1.29 is 28.4 Å². The van der Waals surface area contributed by atoms with Gasteiger partial charge in [0.15, 0.2) is 0 Å². The smallest absolute Gasteiger partial charge is 0.331 e. The van der Waals surface area contributed by atoms with Gasteiger partial charge >= 0.3 is 36.1 Å². The molecule has 29 heavy (non-hydrogen) atoms. The van der Waals surface area contributed by atoms with Crippen LogP contribution >= 0.6 is 0 Å². The van der Waals surface area contributed by atoms with Crippen molar-refractivity contribution in [3.8, 4) is 47.6 Å². The van der Waals surface area contributed by atoms with Gasteiger partial charge in [-0.2, -0.15) is 0 Å². The summed E-state index contributed by atoms with van der Waals surface area (Å²) in [4.78, 5) is 24.0. The second-order valence-electron chi connectivity index (χ2n) is 5.27. The van der Waals surface area contributed by atoms with Crippen LogP contribution in [0.2, 0.25) is 0 Å². The highest BCUT2D eigenvalue weighted by Gasteiger charge is 2.15. The molecule has 12 nitrogen and oxygen atoms in total. The predicted molar refractivity (Wildman–Crippen MR) is 97.2 cm³/mol. The Bertz CT molecular complexity index is 882. The van der Waals surface area contributed by atoms with Crippen LogP contribution in [-0.4, -0.2) is 58.3 Å². The molecule has 0 aliphatic carbocycles. The molecule has 3 aromatic rings. The molecule has 0 atom stereocenters. The lowest BCUT2D eigenvalue weighted by atomic mass is 10.2. The Labute approximate surface area is 165 Å². The summed E-state index contributed by atoms with van der Waals surface area (Å²) in [5, 5.41) is 0. The van der Waals surface area contributed by atoms with E-state index in [1.165, 1.54) is 28.4 Å². The zero-order valence-corrected chi connectivity index (χ0v) is 16.4.